The van der Waals surface area contributed by atoms with E-state index in [9.17, 15) is 24.3 Å². The number of aryl methyl sites for hydroxylation is 2. The number of unbranched alkanes of at least 4 members (excludes halogenated alkanes) is 2. The van der Waals surface area contributed by atoms with E-state index in [1.165, 1.54) is 10.5 Å². The Balaban J connectivity index is 1.25. The monoisotopic (exact) mass is 762 g/mol. The van der Waals surface area contributed by atoms with Crippen molar-refractivity contribution >= 4 is 35.0 Å². The molecule has 1 aliphatic heterocycles. The molecule has 4 amide bonds. The van der Waals surface area contributed by atoms with Crippen molar-refractivity contribution in [2.75, 3.05) is 6.54 Å². The summed E-state index contributed by atoms with van der Waals surface area (Å²) in [7, 11) is 0. The molecule has 1 fully saturated rings. The van der Waals surface area contributed by atoms with E-state index < -0.39 is 23.6 Å². The van der Waals surface area contributed by atoms with Gasteiger partial charge in [-0.3, -0.25) is 19.2 Å². The van der Waals surface area contributed by atoms with Crippen molar-refractivity contribution < 1.29 is 29.0 Å². The number of nitrogens with two attached hydrogens (primary N) is 2. The van der Waals surface area contributed by atoms with Crippen LogP contribution in [0.25, 0.3) is 10.4 Å². The predicted molar refractivity (Wildman–Crippen MR) is 211 cm³/mol. The SMILES string of the molecule is Cc1ncsc1-c1ccc(CNC(=O)[C@@H]2C[C@@H](O)CN2C(=O)[C@@H](NC(=O)CCCCCc2ccccc2CO[C@H](C)[C@@H](N)CCC(N)=O)C(C)(C)C)cc1. The zero-order valence-corrected chi connectivity index (χ0v) is 33.1. The molecule has 0 radical (unpaired) electrons. The van der Waals surface area contributed by atoms with Gasteiger partial charge in [-0.25, -0.2) is 4.98 Å². The van der Waals surface area contributed by atoms with Crippen molar-refractivity contribution in [3.8, 4) is 10.4 Å². The minimum atomic E-state index is -0.869. The fourth-order valence-electron chi connectivity index (χ4n) is 6.62. The van der Waals surface area contributed by atoms with E-state index in [2.05, 4.69) is 21.7 Å². The Kier molecular flexibility index (Phi) is 15.7. The molecular weight excluding hydrogens is 705 g/mol. The molecular formula is C41H58N6O6S. The van der Waals surface area contributed by atoms with Crippen LogP contribution in [0.4, 0.5) is 0 Å². The van der Waals surface area contributed by atoms with Gasteiger partial charge in [-0.2, -0.15) is 0 Å². The zero-order valence-electron chi connectivity index (χ0n) is 32.3. The number of likely N-dealkylation sites (tertiary alicyclic amines) is 1. The summed E-state index contributed by atoms with van der Waals surface area (Å²) in [5.41, 5.74) is 17.8. The number of amides is 4. The highest BCUT2D eigenvalue weighted by molar-refractivity contribution is 7.13. The van der Waals surface area contributed by atoms with Gasteiger partial charge in [0.25, 0.3) is 0 Å². The Morgan fingerprint density at radius 3 is 2.39 bits per heavy atom. The standard InChI is InChI=1S/C41H58N6O6S/c1-26-37(54-25-45-26)30-17-15-28(16-18-30)22-44-39(51)34-21-32(48)23-47(34)40(52)38(41(3,4)5)46-36(50)14-8-6-7-11-29-12-9-10-13-31(29)24-53-27(2)33(42)19-20-35(43)49/h9-10,12-13,15-18,25,27,32-34,38,48H,6-8,11,14,19-24,42H2,1-5H3,(H2,43,49)(H,44,51)(H,46,50)/t27-,32-,33+,34+,38-/m1/s1. The molecule has 2 heterocycles. The van der Waals surface area contributed by atoms with E-state index in [1.807, 2.05) is 82.6 Å². The van der Waals surface area contributed by atoms with Crippen LogP contribution in [0.2, 0.25) is 0 Å². The number of benzene rings is 2. The van der Waals surface area contributed by atoms with Gasteiger partial charge in [-0.15, -0.1) is 11.3 Å². The molecule has 5 atom stereocenters. The first kappa shape index (κ1) is 42.6. The number of aliphatic hydroxyl groups excluding tert-OH is 1. The molecule has 54 heavy (non-hydrogen) atoms. The number of carbonyl (C=O) groups excluding carboxylic acids is 4. The molecule has 0 bridgehead atoms. The highest BCUT2D eigenvalue weighted by atomic mass is 32.1. The molecule has 3 aromatic rings. The molecule has 4 rings (SSSR count). The maximum Gasteiger partial charge on any atom is 0.246 e. The Morgan fingerprint density at radius 2 is 1.74 bits per heavy atom. The Labute approximate surface area is 323 Å². The fraction of sp³-hybridized carbons (Fsp3) is 0.537. The van der Waals surface area contributed by atoms with E-state index in [0.717, 1.165) is 46.5 Å². The van der Waals surface area contributed by atoms with Crippen molar-refractivity contribution in [1.29, 1.82) is 0 Å². The number of primary amides is 1. The van der Waals surface area contributed by atoms with Gasteiger partial charge in [0.2, 0.25) is 23.6 Å². The molecule has 0 spiro atoms. The van der Waals surface area contributed by atoms with Crippen LogP contribution in [0.3, 0.4) is 0 Å². The lowest BCUT2D eigenvalue weighted by Crippen LogP contribution is -2.57. The van der Waals surface area contributed by atoms with Crippen LogP contribution in [-0.2, 0) is 43.5 Å². The van der Waals surface area contributed by atoms with Gasteiger partial charge in [-0.1, -0.05) is 75.7 Å². The first-order valence-electron chi connectivity index (χ1n) is 18.9. The topological polar surface area (TPSA) is 190 Å². The number of thiazole rings is 1. The van der Waals surface area contributed by atoms with Gasteiger partial charge in [-0.05, 0) is 67.2 Å². The maximum atomic E-state index is 14.0. The summed E-state index contributed by atoms with van der Waals surface area (Å²) in [6.07, 6.45) is 3.19. The summed E-state index contributed by atoms with van der Waals surface area (Å²) in [6.45, 7) is 10.2. The Hall–Kier alpha value is -4.17. The number of nitrogens with zero attached hydrogens (tertiary/aromatic N) is 2. The first-order chi connectivity index (χ1) is 25.6. The Morgan fingerprint density at radius 1 is 1.04 bits per heavy atom. The summed E-state index contributed by atoms with van der Waals surface area (Å²) in [4.78, 5) is 58.5. The van der Waals surface area contributed by atoms with Crippen LogP contribution >= 0.6 is 11.3 Å². The van der Waals surface area contributed by atoms with E-state index in [4.69, 9.17) is 16.2 Å². The molecule has 2 aromatic carbocycles. The number of β-amino-alcohol motifs (C(OH)–C–C–N with tert-alkyl or cyclic N) is 1. The van der Waals surface area contributed by atoms with Gasteiger partial charge < -0.3 is 36.8 Å². The second-order valence-electron chi connectivity index (χ2n) is 15.5. The van der Waals surface area contributed by atoms with E-state index in [0.29, 0.717) is 19.4 Å². The Bertz CT molecular complexity index is 1710. The summed E-state index contributed by atoms with van der Waals surface area (Å²) in [5, 5.41) is 16.4. The van der Waals surface area contributed by atoms with Crippen molar-refractivity contribution in [1.82, 2.24) is 20.5 Å². The normalized spacial score (nSPS) is 17.5. The van der Waals surface area contributed by atoms with Gasteiger partial charge in [0, 0.05) is 38.4 Å². The van der Waals surface area contributed by atoms with Gasteiger partial charge >= 0.3 is 0 Å². The van der Waals surface area contributed by atoms with Crippen molar-refractivity contribution in [3.63, 3.8) is 0 Å². The second-order valence-corrected chi connectivity index (χ2v) is 16.3. The van der Waals surface area contributed by atoms with Crippen molar-refractivity contribution in [2.45, 2.75) is 129 Å². The van der Waals surface area contributed by atoms with Crippen LogP contribution in [0, 0.1) is 12.3 Å². The average molecular weight is 763 g/mol. The van der Waals surface area contributed by atoms with E-state index in [1.54, 1.807) is 11.3 Å². The molecule has 1 aromatic heterocycles. The predicted octanol–water partition coefficient (Wildman–Crippen LogP) is 4.53. The molecule has 13 heteroatoms. The van der Waals surface area contributed by atoms with Crippen molar-refractivity contribution in [3.05, 3.63) is 76.4 Å². The first-order valence-corrected chi connectivity index (χ1v) is 19.8. The van der Waals surface area contributed by atoms with E-state index >= 15 is 0 Å². The number of aromatic nitrogens is 1. The second kappa shape index (κ2) is 19.9. The highest BCUT2D eigenvalue weighted by Gasteiger charge is 2.44. The maximum absolute atomic E-state index is 14.0. The minimum Gasteiger partial charge on any atom is -0.391 e. The smallest absolute Gasteiger partial charge is 0.246 e. The average Bonchev–Trinajstić information content (AvgIpc) is 3.75. The van der Waals surface area contributed by atoms with Gasteiger partial charge in [0.15, 0.2) is 0 Å². The van der Waals surface area contributed by atoms with Crippen LogP contribution in [-0.4, -0.2) is 75.5 Å². The number of carbonyl (C=O) groups is 4. The largest absolute Gasteiger partial charge is 0.391 e. The number of hydrogen-bond acceptors (Lipinski definition) is 9. The summed E-state index contributed by atoms with van der Waals surface area (Å²) in [6, 6.07) is 14.0. The number of aliphatic hydroxyl groups is 1. The zero-order chi connectivity index (χ0) is 39.4. The molecule has 1 aliphatic rings. The fourth-order valence-corrected chi connectivity index (χ4v) is 7.43. The summed E-state index contributed by atoms with van der Waals surface area (Å²) < 4.78 is 6.02. The molecule has 7 N–H and O–H groups in total. The lowest BCUT2D eigenvalue weighted by molar-refractivity contribution is -0.144. The van der Waals surface area contributed by atoms with Crippen molar-refractivity contribution in [2.24, 2.45) is 16.9 Å². The number of hydrogen-bond donors (Lipinski definition) is 5. The van der Waals surface area contributed by atoms with Gasteiger partial charge in [0.05, 0.1) is 34.9 Å². The summed E-state index contributed by atoms with van der Waals surface area (Å²) in [5.74, 6) is -1.32. The third kappa shape index (κ3) is 12.4. The molecule has 0 saturated carbocycles. The number of nitrogens with one attached hydrogen (secondary N) is 2. The molecule has 0 aliphatic carbocycles. The van der Waals surface area contributed by atoms with Crippen LogP contribution < -0.4 is 22.1 Å². The van der Waals surface area contributed by atoms with Crippen LogP contribution in [0.1, 0.15) is 95.0 Å². The molecule has 0 unspecified atom stereocenters. The lowest BCUT2D eigenvalue weighted by Gasteiger charge is -2.35. The lowest BCUT2D eigenvalue weighted by atomic mass is 9.85. The molecule has 1 saturated heterocycles. The van der Waals surface area contributed by atoms with Gasteiger partial charge in [0.1, 0.15) is 12.1 Å². The van der Waals surface area contributed by atoms with Crippen LogP contribution in [0.15, 0.2) is 54.0 Å². The minimum absolute atomic E-state index is 0.0236. The van der Waals surface area contributed by atoms with E-state index in [-0.39, 0.29) is 68.1 Å². The highest BCUT2D eigenvalue weighted by Crippen LogP contribution is 2.28. The third-order valence-electron chi connectivity index (χ3n) is 10.0. The third-order valence-corrected chi connectivity index (χ3v) is 11.0. The number of ether oxygens (including phenoxy) is 1. The molecule has 294 valence electrons. The van der Waals surface area contributed by atoms with Crippen LogP contribution in [0.5, 0.6) is 0 Å². The number of rotatable bonds is 19. The molecule has 12 nitrogen and oxygen atoms in total. The summed E-state index contributed by atoms with van der Waals surface area (Å²) >= 11 is 1.58. The quantitative estimate of drug-likeness (QED) is 0.110.